The number of rotatable bonds is 5. The Morgan fingerprint density at radius 3 is 2.86 bits per heavy atom. The number of anilines is 1. The number of pyridine rings is 1. The third-order valence-corrected chi connectivity index (χ3v) is 3.05. The number of aliphatic hydroxyl groups is 1. The van der Waals surface area contributed by atoms with Crippen LogP contribution in [0.1, 0.15) is 20.3 Å². The Labute approximate surface area is 122 Å². The van der Waals surface area contributed by atoms with Crippen LogP contribution in [0.4, 0.5) is 10.5 Å². The highest BCUT2D eigenvalue weighted by Crippen LogP contribution is 2.09. The van der Waals surface area contributed by atoms with E-state index in [4.69, 9.17) is 0 Å². The van der Waals surface area contributed by atoms with Gasteiger partial charge in [-0.2, -0.15) is 5.10 Å². The van der Waals surface area contributed by atoms with Gasteiger partial charge in [-0.25, -0.2) is 19.4 Å². The minimum atomic E-state index is -0.910. The fraction of sp³-hybridized carbons (Fsp3) is 0.385. The Morgan fingerprint density at radius 1 is 1.48 bits per heavy atom. The maximum Gasteiger partial charge on any atom is 0.319 e. The van der Waals surface area contributed by atoms with Crippen molar-refractivity contribution in [2.45, 2.75) is 25.9 Å². The molecule has 0 spiro atoms. The van der Waals surface area contributed by atoms with E-state index in [2.05, 4.69) is 25.7 Å². The average molecular weight is 290 g/mol. The van der Waals surface area contributed by atoms with Crippen LogP contribution in [0.25, 0.3) is 5.82 Å². The maximum absolute atomic E-state index is 11.7. The molecule has 2 rings (SSSR count). The number of aromatic nitrogens is 4. The Hall–Kier alpha value is -2.48. The van der Waals surface area contributed by atoms with Crippen molar-refractivity contribution in [2.24, 2.45) is 0 Å². The van der Waals surface area contributed by atoms with Gasteiger partial charge in [0.2, 0.25) is 0 Å². The first kappa shape index (κ1) is 14.9. The lowest BCUT2D eigenvalue weighted by Gasteiger charge is -2.21. The molecule has 0 aliphatic heterocycles. The van der Waals surface area contributed by atoms with E-state index in [0.717, 1.165) is 0 Å². The van der Waals surface area contributed by atoms with Crippen molar-refractivity contribution in [2.75, 3.05) is 11.9 Å². The third kappa shape index (κ3) is 4.25. The molecule has 0 saturated carbocycles. The molecule has 0 saturated heterocycles. The first-order chi connectivity index (χ1) is 10.00. The van der Waals surface area contributed by atoms with Crippen LogP contribution in [0.2, 0.25) is 0 Å². The van der Waals surface area contributed by atoms with E-state index in [1.54, 1.807) is 19.1 Å². The summed E-state index contributed by atoms with van der Waals surface area (Å²) >= 11 is 0. The summed E-state index contributed by atoms with van der Waals surface area (Å²) in [5, 5.41) is 19.0. The summed E-state index contributed by atoms with van der Waals surface area (Å²) in [6.45, 7) is 3.70. The molecule has 0 aliphatic carbocycles. The van der Waals surface area contributed by atoms with Crippen molar-refractivity contribution < 1.29 is 9.90 Å². The molecule has 0 fully saturated rings. The predicted octanol–water partition coefficient (Wildman–Crippen LogP) is 0.945. The normalized spacial score (nSPS) is 13.5. The van der Waals surface area contributed by atoms with Gasteiger partial charge in [0.05, 0.1) is 17.5 Å². The van der Waals surface area contributed by atoms with Gasteiger partial charge in [0.1, 0.15) is 12.7 Å². The van der Waals surface area contributed by atoms with E-state index in [1.165, 1.54) is 23.5 Å². The summed E-state index contributed by atoms with van der Waals surface area (Å²) in [5.41, 5.74) is -0.362. The van der Waals surface area contributed by atoms with E-state index in [1.807, 2.05) is 6.92 Å². The summed E-state index contributed by atoms with van der Waals surface area (Å²) in [5.74, 6) is 0.604. The standard InChI is InChI=1S/C13H18N6O2/c1-3-13(2,21)7-16-12(20)18-10-4-5-11(15-6-10)19-9-14-8-17-19/h4-6,8-9,21H,3,7H2,1-2H3,(H2,16,18,20)/t13-/m1/s1. The summed E-state index contributed by atoms with van der Waals surface area (Å²) in [7, 11) is 0. The Kier molecular flexibility index (Phi) is 4.49. The summed E-state index contributed by atoms with van der Waals surface area (Å²) in [4.78, 5) is 19.7. The van der Waals surface area contributed by atoms with Crippen molar-refractivity contribution >= 4 is 11.7 Å². The molecule has 21 heavy (non-hydrogen) atoms. The number of hydrogen-bond donors (Lipinski definition) is 3. The number of nitrogens with one attached hydrogen (secondary N) is 2. The van der Waals surface area contributed by atoms with Crippen LogP contribution in [-0.4, -0.2) is 43.0 Å². The molecule has 1 atom stereocenters. The minimum Gasteiger partial charge on any atom is -0.388 e. The molecule has 0 radical (unpaired) electrons. The van der Waals surface area contributed by atoms with Crippen molar-refractivity contribution in [1.29, 1.82) is 0 Å². The maximum atomic E-state index is 11.7. The molecule has 0 unspecified atom stereocenters. The highest BCUT2D eigenvalue weighted by atomic mass is 16.3. The molecule has 0 bridgehead atoms. The van der Waals surface area contributed by atoms with Crippen molar-refractivity contribution in [1.82, 2.24) is 25.1 Å². The van der Waals surface area contributed by atoms with E-state index in [9.17, 15) is 9.90 Å². The summed E-state index contributed by atoms with van der Waals surface area (Å²) < 4.78 is 1.52. The zero-order valence-electron chi connectivity index (χ0n) is 11.9. The van der Waals surface area contributed by atoms with Crippen LogP contribution in [0, 0.1) is 0 Å². The SMILES string of the molecule is CC[C@@](C)(O)CNC(=O)Nc1ccc(-n2cncn2)nc1. The zero-order valence-corrected chi connectivity index (χ0v) is 11.9. The van der Waals surface area contributed by atoms with Gasteiger partial charge >= 0.3 is 6.03 Å². The van der Waals surface area contributed by atoms with Crippen LogP contribution in [0.15, 0.2) is 31.0 Å². The van der Waals surface area contributed by atoms with Crippen molar-refractivity contribution in [3.63, 3.8) is 0 Å². The molecule has 3 N–H and O–H groups in total. The van der Waals surface area contributed by atoms with Gasteiger partial charge in [0, 0.05) is 6.54 Å². The Balaban J connectivity index is 1.90. The number of hydrogen-bond acceptors (Lipinski definition) is 5. The van der Waals surface area contributed by atoms with E-state index < -0.39 is 5.60 Å². The molecule has 8 nitrogen and oxygen atoms in total. The summed E-state index contributed by atoms with van der Waals surface area (Å²) in [6, 6.07) is 3.03. The fourth-order valence-corrected chi connectivity index (χ4v) is 1.49. The first-order valence-corrected chi connectivity index (χ1v) is 6.58. The molecular formula is C13H18N6O2. The molecule has 2 aromatic rings. The molecule has 2 heterocycles. The van der Waals surface area contributed by atoms with E-state index in [-0.39, 0.29) is 12.6 Å². The quantitative estimate of drug-likeness (QED) is 0.760. The van der Waals surface area contributed by atoms with Gasteiger partial charge in [0.25, 0.3) is 0 Å². The van der Waals surface area contributed by atoms with Crippen LogP contribution in [0.3, 0.4) is 0 Å². The second-order valence-electron chi connectivity index (χ2n) is 4.90. The number of nitrogens with zero attached hydrogens (tertiary/aromatic N) is 4. The fourth-order valence-electron chi connectivity index (χ4n) is 1.49. The molecule has 2 aromatic heterocycles. The number of urea groups is 1. The molecular weight excluding hydrogens is 272 g/mol. The molecule has 0 aromatic carbocycles. The van der Waals surface area contributed by atoms with E-state index >= 15 is 0 Å². The van der Waals surface area contributed by atoms with Gasteiger partial charge in [0.15, 0.2) is 5.82 Å². The van der Waals surface area contributed by atoms with Crippen LogP contribution in [0.5, 0.6) is 0 Å². The van der Waals surface area contributed by atoms with Gasteiger partial charge in [-0.15, -0.1) is 0 Å². The monoisotopic (exact) mass is 290 g/mol. The van der Waals surface area contributed by atoms with Gasteiger partial charge < -0.3 is 15.7 Å². The lowest BCUT2D eigenvalue weighted by molar-refractivity contribution is 0.0587. The van der Waals surface area contributed by atoms with Gasteiger partial charge in [-0.05, 0) is 25.5 Å². The average Bonchev–Trinajstić information content (AvgIpc) is 3.00. The molecule has 112 valence electrons. The highest BCUT2D eigenvalue weighted by Gasteiger charge is 2.18. The zero-order chi connectivity index (χ0) is 15.3. The van der Waals surface area contributed by atoms with Crippen LogP contribution < -0.4 is 10.6 Å². The smallest absolute Gasteiger partial charge is 0.319 e. The number of amides is 2. The van der Waals surface area contributed by atoms with Crippen LogP contribution in [-0.2, 0) is 0 Å². The van der Waals surface area contributed by atoms with Crippen LogP contribution >= 0.6 is 0 Å². The topological polar surface area (TPSA) is 105 Å². The second kappa shape index (κ2) is 6.31. The third-order valence-electron chi connectivity index (χ3n) is 3.05. The molecule has 8 heteroatoms. The number of carbonyl (C=O) groups excluding carboxylic acids is 1. The first-order valence-electron chi connectivity index (χ1n) is 6.58. The molecule has 0 aliphatic rings. The van der Waals surface area contributed by atoms with Gasteiger partial charge in [-0.3, -0.25) is 0 Å². The van der Waals surface area contributed by atoms with Gasteiger partial charge in [-0.1, -0.05) is 6.92 Å². The largest absolute Gasteiger partial charge is 0.388 e. The predicted molar refractivity (Wildman–Crippen MR) is 77.1 cm³/mol. The Morgan fingerprint density at radius 2 is 2.29 bits per heavy atom. The minimum absolute atomic E-state index is 0.180. The molecule has 2 amide bonds. The highest BCUT2D eigenvalue weighted by molar-refractivity contribution is 5.89. The van der Waals surface area contributed by atoms with E-state index in [0.29, 0.717) is 17.9 Å². The van der Waals surface area contributed by atoms with Crippen molar-refractivity contribution in [3.8, 4) is 5.82 Å². The lowest BCUT2D eigenvalue weighted by Crippen LogP contribution is -2.41. The number of carbonyl (C=O) groups is 1. The summed E-state index contributed by atoms with van der Waals surface area (Å²) in [6.07, 6.45) is 5.03. The second-order valence-corrected chi connectivity index (χ2v) is 4.90. The Bertz CT molecular complexity index is 579. The van der Waals surface area contributed by atoms with Crippen molar-refractivity contribution in [3.05, 3.63) is 31.0 Å². The lowest BCUT2D eigenvalue weighted by atomic mass is 10.0.